The minimum absolute atomic E-state index is 0.804. The average Bonchev–Trinajstić information content (AvgIpc) is 2.31. The van der Waals surface area contributed by atoms with E-state index in [1.54, 1.807) is 0 Å². The first-order chi connectivity index (χ1) is 8.13. The largest absolute Gasteiger partial charge is 0.330 e. The Kier molecular flexibility index (Phi) is 6.78. The third-order valence-corrected chi connectivity index (χ3v) is 3.56. The van der Waals surface area contributed by atoms with Crippen molar-refractivity contribution < 1.29 is 0 Å². The molecule has 0 bridgehead atoms. The molecule has 1 rings (SSSR count). The van der Waals surface area contributed by atoms with Gasteiger partial charge in [0.1, 0.15) is 0 Å². The molecule has 2 N–H and O–H groups in total. The zero-order chi connectivity index (χ0) is 12.7. The Morgan fingerprint density at radius 1 is 1.24 bits per heavy atom. The lowest BCUT2D eigenvalue weighted by molar-refractivity contribution is 0.330. The van der Waals surface area contributed by atoms with Crippen LogP contribution >= 0.6 is 15.9 Å². The lowest BCUT2D eigenvalue weighted by atomic mass is 10.1. The SMILES string of the molecule is Cc1ccc(Br)cc1CCN(C)CCCCN. The van der Waals surface area contributed by atoms with Crippen molar-refractivity contribution in [3.8, 4) is 0 Å². The van der Waals surface area contributed by atoms with E-state index in [1.807, 2.05) is 0 Å². The van der Waals surface area contributed by atoms with Crippen LogP contribution in [0.3, 0.4) is 0 Å². The molecule has 1 aromatic rings. The standard InChI is InChI=1S/C14H23BrN2/c1-12-5-6-14(15)11-13(12)7-10-17(2)9-4-3-8-16/h5-6,11H,3-4,7-10,16H2,1-2H3. The molecule has 0 heterocycles. The highest BCUT2D eigenvalue weighted by atomic mass is 79.9. The summed E-state index contributed by atoms with van der Waals surface area (Å²) in [5.74, 6) is 0. The molecule has 1 aromatic carbocycles. The summed E-state index contributed by atoms with van der Waals surface area (Å²) < 4.78 is 1.17. The van der Waals surface area contributed by atoms with Crippen LogP contribution < -0.4 is 5.73 Å². The zero-order valence-corrected chi connectivity index (χ0v) is 12.5. The zero-order valence-electron chi connectivity index (χ0n) is 10.9. The molecule has 0 aliphatic rings. The second kappa shape index (κ2) is 7.85. The van der Waals surface area contributed by atoms with E-state index in [2.05, 4.69) is 53.0 Å². The van der Waals surface area contributed by atoms with Gasteiger partial charge in [0.2, 0.25) is 0 Å². The smallest absolute Gasteiger partial charge is 0.0178 e. The highest BCUT2D eigenvalue weighted by molar-refractivity contribution is 9.10. The number of halogens is 1. The Hall–Kier alpha value is -0.380. The number of benzene rings is 1. The minimum Gasteiger partial charge on any atom is -0.330 e. The van der Waals surface area contributed by atoms with Crippen molar-refractivity contribution in [1.29, 1.82) is 0 Å². The third-order valence-electron chi connectivity index (χ3n) is 3.07. The fraction of sp³-hybridized carbons (Fsp3) is 0.571. The van der Waals surface area contributed by atoms with Crippen LogP contribution in [-0.2, 0) is 6.42 Å². The van der Waals surface area contributed by atoms with Crippen LogP contribution in [0.4, 0.5) is 0 Å². The fourth-order valence-electron chi connectivity index (χ4n) is 1.86. The number of aryl methyl sites for hydroxylation is 1. The maximum Gasteiger partial charge on any atom is 0.0178 e. The molecule has 0 aliphatic heterocycles. The number of rotatable bonds is 7. The van der Waals surface area contributed by atoms with Crippen LogP contribution in [0.1, 0.15) is 24.0 Å². The molecule has 0 aliphatic carbocycles. The quantitative estimate of drug-likeness (QED) is 0.784. The van der Waals surface area contributed by atoms with Gasteiger partial charge in [-0.2, -0.15) is 0 Å². The molecule has 96 valence electrons. The molecule has 0 amide bonds. The van der Waals surface area contributed by atoms with Crippen molar-refractivity contribution >= 4 is 15.9 Å². The highest BCUT2D eigenvalue weighted by Gasteiger charge is 2.02. The van der Waals surface area contributed by atoms with Gasteiger partial charge in [-0.3, -0.25) is 0 Å². The van der Waals surface area contributed by atoms with Gasteiger partial charge in [-0.25, -0.2) is 0 Å². The molecular weight excluding hydrogens is 276 g/mol. The molecule has 0 atom stereocenters. The van der Waals surface area contributed by atoms with Crippen LogP contribution in [0, 0.1) is 6.92 Å². The van der Waals surface area contributed by atoms with Crippen LogP contribution in [0.5, 0.6) is 0 Å². The molecule has 3 heteroatoms. The Balaban J connectivity index is 2.36. The number of nitrogens with zero attached hydrogens (tertiary/aromatic N) is 1. The molecule has 0 saturated carbocycles. The van der Waals surface area contributed by atoms with Crippen molar-refractivity contribution in [1.82, 2.24) is 4.90 Å². The van der Waals surface area contributed by atoms with E-state index in [1.165, 1.54) is 22.0 Å². The van der Waals surface area contributed by atoms with Crippen molar-refractivity contribution in [3.05, 3.63) is 33.8 Å². The molecule has 0 saturated heterocycles. The Labute approximate surface area is 113 Å². The number of likely N-dealkylation sites (N-methyl/N-ethyl adjacent to an activating group) is 1. The molecule has 17 heavy (non-hydrogen) atoms. The summed E-state index contributed by atoms with van der Waals surface area (Å²) in [6, 6.07) is 6.50. The summed E-state index contributed by atoms with van der Waals surface area (Å²) in [5, 5.41) is 0. The van der Waals surface area contributed by atoms with Crippen molar-refractivity contribution in [2.75, 3.05) is 26.7 Å². The predicted octanol–water partition coefficient (Wildman–Crippen LogP) is 2.97. The fourth-order valence-corrected chi connectivity index (χ4v) is 2.27. The first-order valence-electron chi connectivity index (χ1n) is 6.27. The van der Waals surface area contributed by atoms with Crippen molar-refractivity contribution in [3.63, 3.8) is 0 Å². The van der Waals surface area contributed by atoms with E-state index in [0.717, 1.165) is 32.5 Å². The van der Waals surface area contributed by atoms with E-state index in [4.69, 9.17) is 5.73 Å². The average molecular weight is 299 g/mol. The van der Waals surface area contributed by atoms with Gasteiger partial charge in [-0.1, -0.05) is 22.0 Å². The molecule has 0 unspecified atom stereocenters. The first-order valence-corrected chi connectivity index (χ1v) is 7.06. The topological polar surface area (TPSA) is 29.3 Å². The molecular formula is C14H23BrN2. The number of hydrogen-bond donors (Lipinski definition) is 1. The van der Waals surface area contributed by atoms with Crippen LogP contribution in [0.2, 0.25) is 0 Å². The monoisotopic (exact) mass is 298 g/mol. The van der Waals surface area contributed by atoms with Gasteiger partial charge in [0, 0.05) is 11.0 Å². The maximum absolute atomic E-state index is 5.49. The third kappa shape index (κ3) is 5.66. The summed E-state index contributed by atoms with van der Waals surface area (Å²) in [4.78, 5) is 2.38. The van der Waals surface area contributed by atoms with Crippen molar-refractivity contribution in [2.45, 2.75) is 26.2 Å². The Morgan fingerprint density at radius 2 is 2.00 bits per heavy atom. The molecule has 0 radical (unpaired) electrons. The van der Waals surface area contributed by atoms with E-state index >= 15 is 0 Å². The van der Waals surface area contributed by atoms with Crippen LogP contribution in [-0.4, -0.2) is 31.6 Å². The highest BCUT2D eigenvalue weighted by Crippen LogP contribution is 2.16. The molecule has 0 spiro atoms. The summed E-state index contributed by atoms with van der Waals surface area (Å²) in [7, 11) is 2.18. The van der Waals surface area contributed by atoms with E-state index in [0.29, 0.717) is 0 Å². The number of unbranched alkanes of at least 4 members (excludes halogenated alkanes) is 1. The Bertz CT molecular complexity index is 339. The molecule has 0 aromatic heterocycles. The number of nitrogens with two attached hydrogens (primary N) is 1. The summed E-state index contributed by atoms with van der Waals surface area (Å²) in [5.41, 5.74) is 8.31. The summed E-state index contributed by atoms with van der Waals surface area (Å²) >= 11 is 3.53. The van der Waals surface area contributed by atoms with Gasteiger partial charge < -0.3 is 10.6 Å². The van der Waals surface area contributed by atoms with Gasteiger partial charge in [0.05, 0.1) is 0 Å². The summed E-state index contributed by atoms with van der Waals surface area (Å²) in [6.45, 7) is 5.24. The van der Waals surface area contributed by atoms with Crippen molar-refractivity contribution in [2.24, 2.45) is 5.73 Å². The molecule has 0 fully saturated rings. The van der Waals surface area contributed by atoms with Crippen LogP contribution in [0.15, 0.2) is 22.7 Å². The summed E-state index contributed by atoms with van der Waals surface area (Å²) in [6.07, 6.45) is 3.44. The molecule has 2 nitrogen and oxygen atoms in total. The maximum atomic E-state index is 5.49. The van der Waals surface area contributed by atoms with E-state index in [-0.39, 0.29) is 0 Å². The van der Waals surface area contributed by atoms with Gasteiger partial charge in [0.25, 0.3) is 0 Å². The minimum atomic E-state index is 0.804. The second-order valence-corrected chi connectivity index (χ2v) is 5.54. The van der Waals surface area contributed by atoms with Crippen LogP contribution in [0.25, 0.3) is 0 Å². The second-order valence-electron chi connectivity index (χ2n) is 4.62. The Morgan fingerprint density at radius 3 is 2.71 bits per heavy atom. The van der Waals surface area contributed by atoms with E-state index < -0.39 is 0 Å². The first kappa shape index (κ1) is 14.7. The van der Waals surface area contributed by atoms with E-state index in [9.17, 15) is 0 Å². The lowest BCUT2D eigenvalue weighted by Crippen LogP contribution is -2.23. The normalized spacial score (nSPS) is 11.1. The lowest BCUT2D eigenvalue weighted by Gasteiger charge is -2.17. The van der Waals surface area contributed by atoms with Gasteiger partial charge in [-0.05, 0) is 69.6 Å². The number of hydrogen-bond acceptors (Lipinski definition) is 2. The van der Waals surface area contributed by atoms with Gasteiger partial charge >= 0.3 is 0 Å². The van der Waals surface area contributed by atoms with Gasteiger partial charge in [0.15, 0.2) is 0 Å². The van der Waals surface area contributed by atoms with Gasteiger partial charge in [-0.15, -0.1) is 0 Å². The predicted molar refractivity (Wildman–Crippen MR) is 78.4 cm³/mol.